The lowest BCUT2D eigenvalue weighted by molar-refractivity contribution is -0.146. The molecule has 0 aromatic heterocycles. The normalized spacial score (nSPS) is 28.9. The fourth-order valence-electron chi connectivity index (χ4n) is 2.40. The second-order valence-electron chi connectivity index (χ2n) is 4.62. The third-order valence-corrected chi connectivity index (χ3v) is 3.38. The summed E-state index contributed by atoms with van der Waals surface area (Å²) in [5.41, 5.74) is 0. The number of hydrogen-bond donors (Lipinski definition) is 2. The van der Waals surface area contributed by atoms with E-state index in [2.05, 4.69) is 5.32 Å². The average molecular weight is 240 g/mol. The summed E-state index contributed by atoms with van der Waals surface area (Å²) in [6.45, 7) is 0.857. The van der Waals surface area contributed by atoms with E-state index in [-0.39, 0.29) is 18.4 Å². The molecule has 0 aromatic rings. The lowest BCUT2D eigenvalue weighted by Gasteiger charge is -2.32. The van der Waals surface area contributed by atoms with Gasteiger partial charge in [-0.2, -0.15) is 0 Å². The fraction of sp³-hybridized carbons (Fsp3) is 0.727. The molecule has 2 rings (SSSR count). The summed E-state index contributed by atoms with van der Waals surface area (Å²) in [5.74, 6) is -1.56. The number of nitrogens with one attached hydrogen (secondary N) is 1. The molecule has 2 amide bonds. The molecular weight excluding hydrogens is 224 g/mol. The number of likely N-dealkylation sites (tertiary alicyclic amines) is 1. The third kappa shape index (κ3) is 2.57. The molecular formula is C11H16N2O4. The molecule has 6 nitrogen and oxygen atoms in total. The highest BCUT2D eigenvalue weighted by Crippen LogP contribution is 2.19. The van der Waals surface area contributed by atoms with E-state index in [1.165, 1.54) is 0 Å². The first-order valence-electron chi connectivity index (χ1n) is 5.89. The Morgan fingerprint density at radius 1 is 1.35 bits per heavy atom. The minimum absolute atomic E-state index is 0.102. The van der Waals surface area contributed by atoms with Gasteiger partial charge in [0.15, 0.2) is 0 Å². The number of carbonyl (C=O) groups excluding carboxylic acids is 2. The zero-order valence-corrected chi connectivity index (χ0v) is 9.52. The Morgan fingerprint density at radius 3 is 2.71 bits per heavy atom. The molecule has 0 saturated carbocycles. The fourth-order valence-corrected chi connectivity index (χ4v) is 2.40. The molecule has 6 heteroatoms. The van der Waals surface area contributed by atoms with E-state index >= 15 is 0 Å². The molecule has 17 heavy (non-hydrogen) atoms. The molecule has 0 bridgehead atoms. The maximum atomic E-state index is 12.0. The third-order valence-electron chi connectivity index (χ3n) is 3.38. The van der Waals surface area contributed by atoms with Gasteiger partial charge in [-0.05, 0) is 19.3 Å². The number of carboxylic acids is 1. The lowest BCUT2D eigenvalue weighted by Crippen LogP contribution is -2.49. The van der Waals surface area contributed by atoms with Gasteiger partial charge in [0.25, 0.3) is 0 Å². The van der Waals surface area contributed by atoms with Crippen LogP contribution in [0, 0.1) is 5.92 Å². The largest absolute Gasteiger partial charge is 0.481 e. The van der Waals surface area contributed by atoms with Crippen LogP contribution in [0.2, 0.25) is 0 Å². The Balaban J connectivity index is 1.95. The number of carboxylic acid groups (broad SMARTS) is 1. The van der Waals surface area contributed by atoms with Crippen molar-refractivity contribution in [3.05, 3.63) is 0 Å². The topological polar surface area (TPSA) is 86.7 Å². The van der Waals surface area contributed by atoms with E-state index < -0.39 is 17.9 Å². The van der Waals surface area contributed by atoms with Crippen molar-refractivity contribution < 1.29 is 19.5 Å². The zero-order chi connectivity index (χ0) is 12.4. The molecule has 2 fully saturated rings. The molecule has 2 atom stereocenters. The second kappa shape index (κ2) is 4.73. The number of piperidine rings is 1. The SMILES string of the molecule is O=C1CC[C@@H](C(=O)N2CCC[C@H](C(=O)O)C2)N1. The summed E-state index contributed by atoms with van der Waals surface area (Å²) in [6, 6.07) is -0.449. The number of aliphatic carboxylic acids is 1. The Morgan fingerprint density at radius 2 is 2.12 bits per heavy atom. The first-order chi connectivity index (χ1) is 8.08. The number of rotatable bonds is 2. The summed E-state index contributed by atoms with van der Waals surface area (Å²) < 4.78 is 0. The Hall–Kier alpha value is -1.59. The van der Waals surface area contributed by atoms with Crippen molar-refractivity contribution >= 4 is 17.8 Å². The predicted molar refractivity (Wildman–Crippen MR) is 58.1 cm³/mol. The molecule has 0 aliphatic carbocycles. The van der Waals surface area contributed by atoms with Crippen LogP contribution in [0.4, 0.5) is 0 Å². The molecule has 94 valence electrons. The van der Waals surface area contributed by atoms with Gasteiger partial charge >= 0.3 is 5.97 Å². The quantitative estimate of drug-likeness (QED) is 0.687. The van der Waals surface area contributed by atoms with Crippen molar-refractivity contribution in [3.63, 3.8) is 0 Å². The first kappa shape index (κ1) is 11.9. The maximum absolute atomic E-state index is 12.0. The molecule has 2 N–H and O–H groups in total. The molecule has 2 heterocycles. The van der Waals surface area contributed by atoms with Crippen molar-refractivity contribution in [2.75, 3.05) is 13.1 Å². The van der Waals surface area contributed by atoms with E-state index in [9.17, 15) is 14.4 Å². The van der Waals surface area contributed by atoms with Crippen molar-refractivity contribution in [2.45, 2.75) is 31.7 Å². The van der Waals surface area contributed by atoms with Gasteiger partial charge in [0.1, 0.15) is 6.04 Å². The van der Waals surface area contributed by atoms with Gasteiger partial charge in [-0.15, -0.1) is 0 Å². The van der Waals surface area contributed by atoms with Crippen LogP contribution in [0.15, 0.2) is 0 Å². The van der Waals surface area contributed by atoms with Gasteiger partial charge in [0.05, 0.1) is 5.92 Å². The molecule has 2 saturated heterocycles. The highest BCUT2D eigenvalue weighted by atomic mass is 16.4. The Kier molecular flexibility index (Phi) is 3.31. The number of nitrogens with zero attached hydrogens (tertiary/aromatic N) is 1. The second-order valence-corrected chi connectivity index (χ2v) is 4.62. The monoisotopic (exact) mass is 240 g/mol. The van der Waals surface area contributed by atoms with Crippen molar-refractivity contribution in [1.82, 2.24) is 10.2 Å². The molecule has 0 unspecified atom stereocenters. The molecule has 0 radical (unpaired) electrons. The number of amides is 2. The van der Waals surface area contributed by atoms with Crippen LogP contribution in [0.25, 0.3) is 0 Å². The van der Waals surface area contributed by atoms with Crippen LogP contribution in [-0.4, -0.2) is 46.9 Å². The number of hydrogen-bond acceptors (Lipinski definition) is 3. The van der Waals surface area contributed by atoms with Crippen LogP contribution >= 0.6 is 0 Å². The zero-order valence-electron chi connectivity index (χ0n) is 9.52. The highest BCUT2D eigenvalue weighted by Gasteiger charge is 2.34. The standard InChI is InChI=1S/C11H16N2O4/c14-9-4-3-8(12-9)10(15)13-5-1-2-7(6-13)11(16)17/h7-8H,1-6H2,(H,12,14)(H,16,17)/t7-,8-/m0/s1. The van der Waals surface area contributed by atoms with Gasteiger partial charge in [-0.3, -0.25) is 14.4 Å². The molecule has 0 spiro atoms. The average Bonchev–Trinajstić information content (AvgIpc) is 2.75. The Bertz CT molecular complexity index is 355. The first-order valence-corrected chi connectivity index (χ1v) is 5.89. The van der Waals surface area contributed by atoms with Crippen molar-refractivity contribution in [2.24, 2.45) is 5.92 Å². The highest BCUT2D eigenvalue weighted by molar-refractivity contribution is 5.91. The van der Waals surface area contributed by atoms with Gasteiger partial charge in [-0.1, -0.05) is 0 Å². The van der Waals surface area contributed by atoms with Crippen LogP contribution in [0.5, 0.6) is 0 Å². The minimum Gasteiger partial charge on any atom is -0.481 e. The summed E-state index contributed by atoms with van der Waals surface area (Å²) in [7, 11) is 0. The van der Waals surface area contributed by atoms with Gasteiger partial charge < -0.3 is 15.3 Å². The van der Waals surface area contributed by atoms with Crippen LogP contribution < -0.4 is 5.32 Å². The predicted octanol–water partition coefficient (Wildman–Crippen LogP) is -0.412. The van der Waals surface area contributed by atoms with Gasteiger partial charge in [-0.25, -0.2) is 0 Å². The van der Waals surface area contributed by atoms with Crippen molar-refractivity contribution in [3.8, 4) is 0 Å². The molecule has 0 aromatic carbocycles. The van der Waals surface area contributed by atoms with Crippen LogP contribution in [-0.2, 0) is 14.4 Å². The Labute approximate surface area is 99.0 Å². The summed E-state index contributed by atoms with van der Waals surface area (Å²) >= 11 is 0. The van der Waals surface area contributed by atoms with Gasteiger partial charge in [0, 0.05) is 19.5 Å². The summed E-state index contributed by atoms with van der Waals surface area (Å²) in [6.07, 6.45) is 2.23. The van der Waals surface area contributed by atoms with Crippen molar-refractivity contribution in [1.29, 1.82) is 0 Å². The summed E-state index contributed by atoms with van der Waals surface area (Å²) in [5, 5.41) is 11.6. The molecule has 2 aliphatic rings. The minimum atomic E-state index is -0.849. The van der Waals surface area contributed by atoms with E-state index in [4.69, 9.17) is 5.11 Å². The smallest absolute Gasteiger partial charge is 0.308 e. The number of carbonyl (C=O) groups is 3. The summed E-state index contributed by atoms with van der Waals surface area (Å²) in [4.78, 5) is 35.5. The van der Waals surface area contributed by atoms with E-state index in [0.29, 0.717) is 32.2 Å². The lowest BCUT2D eigenvalue weighted by atomic mass is 9.97. The van der Waals surface area contributed by atoms with E-state index in [1.54, 1.807) is 4.90 Å². The van der Waals surface area contributed by atoms with E-state index in [1.807, 2.05) is 0 Å². The van der Waals surface area contributed by atoms with Gasteiger partial charge in [0.2, 0.25) is 11.8 Å². The van der Waals surface area contributed by atoms with Crippen LogP contribution in [0.3, 0.4) is 0 Å². The van der Waals surface area contributed by atoms with Crippen LogP contribution in [0.1, 0.15) is 25.7 Å². The maximum Gasteiger partial charge on any atom is 0.308 e. The van der Waals surface area contributed by atoms with E-state index in [0.717, 1.165) is 0 Å². The molecule has 2 aliphatic heterocycles.